The molecule has 0 saturated heterocycles. The number of hydrogen-bond acceptors (Lipinski definition) is 5. The molecular formula is C15H22N4OS. The maximum Gasteiger partial charge on any atom is 0.238 e. The molecule has 6 heteroatoms. The maximum absolute atomic E-state index is 12.3. The minimum atomic E-state index is -0.00940. The number of nitrogens with one attached hydrogen (secondary N) is 1. The molecule has 0 aliphatic heterocycles. The lowest BCUT2D eigenvalue weighted by Crippen LogP contribution is -2.40. The zero-order chi connectivity index (χ0) is 15.4. The van der Waals surface area contributed by atoms with E-state index in [1.807, 2.05) is 18.2 Å². The molecule has 0 radical (unpaired) electrons. The molecular weight excluding hydrogens is 284 g/mol. The number of carbonyl (C=O) groups is 1. The topological polar surface area (TPSA) is 58.1 Å². The lowest BCUT2D eigenvalue weighted by molar-refractivity contribution is -0.117. The molecule has 0 atom stereocenters. The van der Waals surface area contributed by atoms with Crippen LogP contribution in [-0.2, 0) is 4.79 Å². The molecule has 21 heavy (non-hydrogen) atoms. The third kappa shape index (κ3) is 4.22. The van der Waals surface area contributed by atoms with E-state index in [2.05, 4.69) is 46.7 Å². The number of benzene rings is 1. The second kappa shape index (κ2) is 6.95. The van der Waals surface area contributed by atoms with Crippen LogP contribution in [0, 0.1) is 5.92 Å². The molecule has 114 valence electrons. The van der Waals surface area contributed by atoms with Gasteiger partial charge in [-0.3, -0.25) is 9.69 Å². The lowest BCUT2D eigenvalue weighted by atomic mass is 10.2. The molecule has 0 spiro atoms. The van der Waals surface area contributed by atoms with E-state index in [1.54, 1.807) is 0 Å². The van der Waals surface area contributed by atoms with Crippen LogP contribution in [0.25, 0.3) is 11.0 Å². The third-order valence-electron chi connectivity index (χ3n) is 3.24. The van der Waals surface area contributed by atoms with Crippen LogP contribution in [0.15, 0.2) is 18.2 Å². The van der Waals surface area contributed by atoms with Gasteiger partial charge in [0.1, 0.15) is 11.0 Å². The molecule has 1 aromatic heterocycles. The van der Waals surface area contributed by atoms with E-state index in [9.17, 15) is 4.79 Å². The van der Waals surface area contributed by atoms with Crippen molar-refractivity contribution >= 4 is 34.4 Å². The summed E-state index contributed by atoms with van der Waals surface area (Å²) in [5.41, 5.74) is 2.32. The quantitative estimate of drug-likeness (QED) is 0.891. The van der Waals surface area contributed by atoms with Crippen LogP contribution >= 0.6 is 11.7 Å². The van der Waals surface area contributed by atoms with E-state index in [-0.39, 0.29) is 5.91 Å². The fourth-order valence-electron chi connectivity index (χ4n) is 2.21. The summed E-state index contributed by atoms with van der Waals surface area (Å²) in [6, 6.07) is 5.99. The van der Waals surface area contributed by atoms with E-state index in [0.717, 1.165) is 35.0 Å². The Kier molecular flexibility index (Phi) is 5.25. The Balaban J connectivity index is 2.05. The summed E-state index contributed by atoms with van der Waals surface area (Å²) in [6.07, 6.45) is 0. The Labute approximate surface area is 129 Å². The summed E-state index contributed by atoms with van der Waals surface area (Å²) in [6.45, 7) is 9.85. The molecule has 0 aliphatic carbocycles. The average molecular weight is 306 g/mol. The second-order valence-corrected chi connectivity index (χ2v) is 6.43. The van der Waals surface area contributed by atoms with E-state index in [0.29, 0.717) is 18.5 Å². The van der Waals surface area contributed by atoms with Gasteiger partial charge >= 0.3 is 0 Å². The largest absolute Gasteiger partial charge is 0.323 e. The minimum Gasteiger partial charge on any atom is -0.323 e. The maximum atomic E-state index is 12.3. The molecule has 0 fully saturated rings. The van der Waals surface area contributed by atoms with Crippen LogP contribution in [0.3, 0.4) is 0 Å². The van der Waals surface area contributed by atoms with Gasteiger partial charge in [-0.1, -0.05) is 19.9 Å². The van der Waals surface area contributed by atoms with Crippen LogP contribution in [0.4, 0.5) is 5.69 Å². The number of amides is 1. The molecule has 1 heterocycles. The van der Waals surface area contributed by atoms with Crippen molar-refractivity contribution in [3.05, 3.63) is 18.2 Å². The van der Waals surface area contributed by atoms with Crippen LogP contribution in [0.5, 0.6) is 0 Å². The highest BCUT2D eigenvalue weighted by atomic mass is 32.1. The molecule has 0 aliphatic rings. The van der Waals surface area contributed by atoms with Crippen LogP contribution in [0.1, 0.15) is 27.7 Å². The van der Waals surface area contributed by atoms with E-state index < -0.39 is 0 Å². The standard InChI is InChI=1S/C15H22N4OS/c1-10(2)8-19(11(3)4)9-14(20)16-12-6-5-7-13-15(12)18-21-17-13/h5-7,10-11H,8-9H2,1-4H3,(H,16,20). The number of anilines is 1. The fourth-order valence-corrected chi connectivity index (χ4v) is 2.76. The van der Waals surface area contributed by atoms with Crippen molar-refractivity contribution in [2.45, 2.75) is 33.7 Å². The molecule has 0 bridgehead atoms. The van der Waals surface area contributed by atoms with E-state index >= 15 is 0 Å². The van der Waals surface area contributed by atoms with E-state index in [4.69, 9.17) is 0 Å². The highest BCUT2D eigenvalue weighted by Crippen LogP contribution is 2.21. The highest BCUT2D eigenvalue weighted by molar-refractivity contribution is 7.00. The number of aromatic nitrogens is 2. The first-order valence-corrected chi connectivity index (χ1v) is 7.95. The normalized spacial score (nSPS) is 11.8. The summed E-state index contributed by atoms with van der Waals surface area (Å²) in [7, 11) is 0. The monoisotopic (exact) mass is 306 g/mol. The first-order chi connectivity index (χ1) is 9.97. The molecule has 1 N–H and O–H groups in total. The average Bonchev–Trinajstić information content (AvgIpc) is 2.86. The number of fused-ring (bicyclic) bond motifs is 1. The summed E-state index contributed by atoms with van der Waals surface area (Å²) < 4.78 is 8.42. The Morgan fingerprint density at radius 2 is 2.05 bits per heavy atom. The summed E-state index contributed by atoms with van der Waals surface area (Å²) in [5.74, 6) is 0.524. The fraction of sp³-hybridized carbons (Fsp3) is 0.533. The summed E-state index contributed by atoms with van der Waals surface area (Å²) >= 11 is 1.16. The molecule has 0 saturated carbocycles. The Morgan fingerprint density at radius 3 is 2.71 bits per heavy atom. The first kappa shape index (κ1) is 15.9. The third-order valence-corrected chi connectivity index (χ3v) is 3.78. The van der Waals surface area contributed by atoms with Gasteiger partial charge in [0.15, 0.2) is 0 Å². The van der Waals surface area contributed by atoms with Gasteiger partial charge in [0.2, 0.25) is 5.91 Å². The van der Waals surface area contributed by atoms with Crippen molar-refractivity contribution in [3.63, 3.8) is 0 Å². The van der Waals surface area contributed by atoms with Crippen molar-refractivity contribution in [1.82, 2.24) is 13.6 Å². The van der Waals surface area contributed by atoms with E-state index in [1.165, 1.54) is 0 Å². The molecule has 1 amide bonds. The number of carbonyl (C=O) groups excluding carboxylic acids is 1. The Morgan fingerprint density at radius 1 is 1.29 bits per heavy atom. The van der Waals surface area contributed by atoms with Gasteiger partial charge in [-0.2, -0.15) is 8.75 Å². The SMILES string of the molecule is CC(C)CN(CC(=O)Nc1cccc2nsnc12)C(C)C. The molecule has 0 unspecified atom stereocenters. The predicted octanol–water partition coefficient (Wildman–Crippen LogP) is 3.00. The minimum absolute atomic E-state index is 0.00940. The van der Waals surface area contributed by atoms with Gasteiger partial charge in [-0.25, -0.2) is 0 Å². The summed E-state index contributed by atoms with van der Waals surface area (Å²) in [4.78, 5) is 14.5. The molecule has 5 nitrogen and oxygen atoms in total. The smallest absolute Gasteiger partial charge is 0.238 e. The van der Waals surface area contributed by atoms with Gasteiger partial charge < -0.3 is 5.32 Å². The van der Waals surface area contributed by atoms with Crippen molar-refractivity contribution in [1.29, 1.82) is 0 Å². The second-order valence-electron chi connectivity index (χ2n) is 5.90. The Hall–Kier alpha value is -1.53. The van der Waals surface area contributed by atoms with Crippen molar-refractivity contribution in [2.24, 2.45) is 5.92 Å². The molecule has 1 aromatic carbocycles. The van der Waals surface area contributed by atoms with Gasteiger partial charge in [0, 0.05) is 12.6 Å². The van der Waals surface area contributed by atoms with Gasteiger partial charge in [0.05, 0.1) is 24.0 Å². The predicted molar refractivity (Wildman–Crippen MR) is 87.6 cm³/mol. The molecule has 2 aromatic rings. The lowest BCUT2D eigenvalue weighted by Gasteiger charge is -2.27. The number of nitrogens with zero attached hydrogens (tertiary/aromatic N) is 3. The van der Waals surface area contributed by atoms with Gasteiger partial charge in [0.25, 0.3) is 0 Å². The van der Waals surface area contributed by atoms with Gasteiger partial charge in [-0.05, 0) is 31.9 Å². The zero-order valence-corrected chi connectivity index (χ0v) is 13.8. The van der Waals surface area contributed by atoms with Gasteiger partial charge in [-0.15, -0.1) is 0 Å². The van der Waals surface area contributed by atoms with Crippen molar-refractivity contribution in [3.8, 4) is 0 Å². The van der Waals surface area contributed by atoms with Crippen molar-refractivity contribution < 1.29 is 4.79 Å². The molecule has 2 rings (SSSR count). The zero-order valence-electron chi connectivity index (χ0n) is 13.0. The number of rotatable bonds is 6. The summed E-state index contributed by atoms with van der Waals surface area (Å²) in [5, 5.41) is 2.95. The van der Waals surface area contributed by atoms with Crippen molar-refractivity contribution in [2.75, 3.05) is 18.4 Å². The highest BCUT2D eigenvalue weighted by Gasteiger charge is 2.16. The Bertz CT molecular complexity index is 608. The van der Waals surface area contributed by atoms with Crippen LogP contribution < -0.4 is 5.32 Å². The van der Waals surface area contributed by atoms with Crippen LogP contribution in [0.2, 0.25) is 0 Å². The first-order valence-electron chi connectivity index (χ1n) is 7.22. The number of hydrogen-bond donors (Lipinski definition) is 1. The van der Waals surface area contributed by atoms with Crippen LogP contribution in [-0.4, -0.2) is 38.7 Å².